The van der Waals surface area contributed by atoms with Gasteiger partial charge in [0.15, 0.2) is 11.5 Å². The molecule has 7 nitrogen and oxygen atoms in total. The molecule has 0 unspecified atom stereocenters. The molecule has 0 atom stereocenters. The van der Waals surface area contributed by atoms with Crippen molar-refractivity contribution in [2.24, 2.45) is 0 Å². The van der Waals surface area contributed by atoms with Gasteiger partial charge in [-0.15, -0.1) is 0 Å². The number of amides is 4. The van der Waals surface area contributed by atoms with Crippen LogP contribution < -0.4 is 19.7 Å². The summed E-state index contributed by atoms with van der Waals surface area (Å²) in [6.07, 6.45) is 1.37. The minimum atomic E-state index is -0.885. The van der Waals surface area contributed by atoms with Crippen molar-refractivity contribution in [3.63, 3.8) is 0 Å². The molecule has 10 heteroatoms. The van der Waals surface area contributed by atoms with Crippen molar-refractivity contribution in [1.82, 2.24) is 5.32 Å². The molecule has 0 aromatic heterocycles. The maximum atomic E-state index is 13.1. The van der Waals surface area contributed by atoms with Crippen molar-refractivity contribution in [2.75, 3.05) is 12.0 Å². The fourth-order valence-electron chi connectivity index (χ4n) is 3.35. The molecule has 1 N–H and O–H groups in total. The van der Waals surface area contributed by atoms with Gasteiger partial charge in [-0.05, 0) is 48.0 Å². The van der Waals surface area contributed by atoms with E-state index in [4.69, 9.17) is 32.7 Å². The Morgan fingerprint density at radius 1 is 0.971 bits per heavy atom. The summed E-state index contributed by atoms with van der Waals surface area (Å²) in [5, 5.41) is 2.60. The van der Waals surface area contributed by atoms with Crippen molar-refractivity contribution in [2.45, 2.75) is 6.61 Å². The lowest BCUT2D eigenvalue weighted by Gasteiger charge is -2.26. The van der Waals surface area contributed by atoms with Crippen LogP contribution in [0.5, 0.6) is 11.5 Å². The summed E-state index contributed by atoms with van der Waals surface area (Å²) in [5.41, 5.74) is 1.39. The number of rotatable bonds is 6. The Morgan fingerprint density at radius 2 is 1.74 bits per heavy atom. The largest absolute Gasteiger partial charge is 0.493 e. The maximum Gasteiger partial charge on any atom is 0.335 e. The molecule has 3 aromatic rings. The van der Waals surface area contributed by atoms with E-state index < -0.39 is 17.8 Å². The third-order valence-corrected chi connectivity index (χ3v) is 6.62. The van der Waals surface area contributed by atoms with Gasteiger partial charge >= 0.3 is 6.03 Å². The van der Waals surface area contributed by atoms with Crippen LogP contribution in [0, 0.1) is 0 Å². The van der Waals surface area contributed by atoms with Crippen molar-refractivity contribution >= 4 is 68.7 Å². The minimum absolute atomic E-state index is 0.162. The van der Waals surface area contributed by atoms with E-state index in [1.165, 1.54) is 31.4 Å². The normalized spacial score (nSPS) is 14.8. The van der Waals surface area contributed by atoms with Gasteiger partial charge in [-0.2, -0.15) is 0 Å². The first-order chi connectivity index (χ1) is 16.8. The number of ether oxygens (including phenoxy) is 2. The van der Waals surface area contributed by atoms with Crippen LogP contribution in [0.4, 0.5) is 10.5 Å². The van der Waals surface area contributed by atoms with E-state index in [0.29, 0.717) is 23.7 Å². The van der Waals surface area contributed by atoms with Crippen LogP contribution in [0.1, 0.15) is 11.1 Å². The molecule has 0 bridgehead atoms. The zero-order valence-electron chi connectivity index (χ0n) is 18.2. The Balaban J connectivity index is 1.61. The summed E-state index contributed by atoms with van der Waals surface area (Å²) >= 11 is 15.5. The van der Waals surface area contributed by atoms with Crippen LogP contribution in [0.2, 0.25) is 10.0 Å². The maximum absolute atomic E-state index is 13.1. The first-order valence-electron chi connectivity index (χ1n) is 10.2. The number of barbiturate groups is 1. The molecule has 4 rings (SSSR count). The average Bonchev–Trinajstić information content (AvgIpc) is 2.83. The molecule has 1 saturated heterocycles. The number of imide groups is 2. The molecular weight excluding hydrogens is 559 g/mol. The molecule has 3 aromatic carbocycles. The molecule has 0 aliphatic carbocycles. The number of benzene rings is 3. The van der Waals surface area contributed by atoms with Crippen LogP contribution >= 0.6 is 39.1 Å². The quantitative estimate of drug-likeness (QED) is 0.287. The first kappa shape index (κ1) is 24.8. The molecule has 1 heterocycles. The molecule has 0 saturated carbocycles. The summed E-state index contributed by atoms with van der Waals surface area (Å²) in [7, 11) is 1.49. The Morgan fingerprint density at radius 3 is 2.46 bits per heavy atom. The first-order valence-corrected chi connectivity index (χ1v) is 11.7. The predicted molar refractivity (Wildman–Crippen MR) is 137 cm³/mol. The number of methoxy groups -OCH3 is 1. The number of hydrogen-bond donors (Lipinski definition) is 1. The van der Waals surface area contributed by atoms with E-state index in [9.17, 15) is 14.4 Å². The Hall–Kier alpha value is -3.33. The number of hydrogen-bond acceptors (Lipinski definition) is 5. The van der Waals surface area contributed by atoms with Crippen molar-refractivity contribution in [1.29, 1.82) is 0 Å². The number of nitrogens with one attached hydrogen (secondary N) is 1. The second kappa shape index (κ2) is 10.5. The number of urea groups is 1. The number of halogens is 3. The molecule has 178 valence electrons. The monoisotopic (exact) mass is 574 g/mol. The summed E-state index contributed by atoms with van der Waals surface area (Å²) in [6.45, 7) is 0.305. The number of nitrogens with zero attached hydrogens (tertiary/aromatic N) is 1. The lowest BCUT2D eigenvalue weighted by molar-refractivity contribution is -0.122. The third kappa shape index (κ3) is 5.35. The van der Waals surface area contributed by atoms with Gasteiger partial charge < -0.3 is 9.47 Å². The zero-order chi connectivity index (χ0) is 25.1. The second-order valence-corrected chi connectivity index (χ2v) is 9.02. The highest BCUT2D eigenvalue weighted by atomic mass is 79.9. The van der Waals surface area contributed by atoms with Crippen LogP contribution in [0.25, 0.3) is 6.08 Å². The zero-order valence-corrected chi connectivity index (χ0v) is 21.3. The van der Waals surface area contributed by atoms with Gasteiger partial charge in [0.2, 0.25) is 0 Å². The van der Waals surface area contributed by atoms with Crippen molar-refractivity contribution in [3.05, 3.63) is 91.9 Å². The fourth-order valence-corrected chi connectivity index (χ4v) is 4.04. The Labute approximate surface area is 219 Å². The van der Waals surface area contributed by atoms with E-state index >= 15 is 0 Å². The molecule has 1 aliphatic heterocycles. The van der Waals surface area contributed by atoms with Gasteiger partial charge in [0.1, 0.15) is 12.2 Å². The number of carbonyl (C=O) groups excluding carboxylic acids is 3. The van der Waals surface area contributed by atoms with Gasteiger partial charge in [-0.1, -0.05) is 63.4 Å². The predicted octanol–water partition coefficient (Wildman–Crippen LogP) is 6.01. The Kier molecular flexibility index (Phi) is 7.45. The van der Waals surface area contributed by atoms with E-state index in [0.717, 1.165) is 14.9 Å². The molecule has 1 fully saturated rings. The van der Waals surface area contributed by atoms with Crippen LogP contribution in [-0.4, -0.2) is 25.0 Å². The van der Waals surface area contributed by atoms with Crippen LogP contribution in [-0.2, 0) is 16.2 Å². The highest BCUT2D eigenvalue weighted by Crippen LogP contribution is 2.32. The Bertz CT molecular complexity index is 1380. The van der Waals surface area contributed by atoms with E-state index in [1.807, 2.05) is 24.3 Å². The summed E-state index contributed by atoms with van der Waals surface area (Å²) in [4.78, 5) is 38.8. The second-order valence-electron chi connectivity index (χ2n) is 7.35. The molecule has 0 spiro atoms. The molecular formula is C25H17BrCl2N2O5. The van der Waals surface area contributed by atoms with Gasteiger partial charge in [-0.3, -0.25) is 14.9 Å². The van der Waals surface area contributed by atoms with E-state index in [2.05, 4.69) is 21.2 Å². The molecule has 0 radical (unpaired) electrons. The summed E-state index contributed by atoms with van der Waals surface area (Å²) in [5.74, 6) is -0.722. The number of carbonyl (C=O) groups is 3. The van der Waals surface area contributed by atoms with Crippen molar-refractivity contribution < 1.29 is 23.9 Å². The van der Waals surface area contributed by atoms with Gasteiger partial charge in [0.25, 0.3) is 11.8 Å². The van der Waals surface area contributed by atoms with Crippen LogP contribution in [0.15, 0.2) is 70.7 Å². The SMILES string of the molecule is COc1cc(/C=C2\C(=O)NC(=O)N(c3ccc(Cl)c(Cl)c3)C2=O)ccc1OCc1ccccc1Br. The highest BCUT2D eigenvalue weighted by Gasteiger charge is 2.37. The lowest BCUT2D eigenvalue weighted by Crippen LogP contribution is -2.54. The summed E-state index contributed by atoms with van der Waals surface area (Å²) in [6, 6.07) is 16.1. The molecule has 35 heavy (non-hydrogen) atoms. The topological polar surface area (TPSA) is 84.9 Å². The minimum Gasteiger partial charge on any atom is -0.493 e. The van der Waals surface area contributed by atoms with Crippen LogP contribution in [0.3, 0.4) is 0 Å². The van der Waals surface area contributed by atoms with Gasteiger partial charge in [0.05, 0.1) is 22.8 Å². The lowest BCUT2D eigenvalue weighted by atomic mass is 10.1. The standard InChI is InChI=1S/C25H17BrCl2N2O5/c1-34-22-11-14(6-9-21(22)35-13-15-4-2-3-5-18(15)26)10-17-23(31)29-25(33)30(24(17)32)16-7-8-19(27)20(28)12-16/h2-12H,13H2,1H3,(H,29,31,33)/b17-10+. The van der Waals surface area contributed by atoms with Gasteiger partial charge in [0, 0.05) is 10.0 Å². The highest BCUT2D eigenvalue weighted by molar-refractivity contribution is 9.10. The van der Waals surface area contributed by atoms with E-state index in [-0.39, 0.29) is 21.3 Å². The summed E-state index contributed by atoms with van der Waals surface area (Å²) < 4.78 is 12.2. The molecule has 1 aliphatic rings. The fraction of sp³-hybridized carbons (Fsp3) is 0.0800. The smallest absolute Gasteiger partial charge is 0.335 e. The average molecular weight is 576 g/mol. The van der Waals surface area contributed by atoms with Crippen molar-refractivity contribution in [3.8, 4) is 11.5 Å². The third-order valence-electron chi connectivity index (χ3n) is 5.10. The number of anilines is 1. The van der Waals surface area contributed by atoms with E-state index in [1.54, 1.807) is 18.2 Å². The molecule has 4 amide bonds. The van der Waals surface area contributed by atoms with Gasteiger partial charge in [-0.25, -0.2) is 9.69 Å².